The van der Waals surface area contributed by atoms with E-state index in [4.69, 9.17) is 0 Å². The van der Waals surface area contributed by atoms with Crippen LogP contribution in [0.1, 0.15) is 39.1 Å². The van der Waals surface area contributed by atoms with Gasteiger partial charge in [0.1, 0.15) is 0 Å². The number of nitrogens with one attached hydrogen (secondary N) is 1. The molecule has 1 aromatic heterocycles. The summed E-state index contributed by atoms with van der Waals surface area (Å²) in [5.74, 6) is -0.704. The summed E-state index contributed by atoms with van der Waals surface area (Å²) in [6.07, 6.45) is 7.79. The number of imide groups is 1. The molecule has 3 amide bonds. The van der Waals surface area contributed by atoms with Crippen LogP contribution in [0.25, 0.3) is 16.8 Å². The molecule has 6 nitrogen and oxygen atoms in total. The summed E-state index contributed by atoms with van der Waals surface area (Å²) in [5.41, 5.74) is 1.98. The smallest absolute Gasteiger partial charge is 0.261 e. The lowest BCUT2D eigenvalue weighted by molar-refractivity contribution is -0.116. The van der Waals surface area contributed by atoms with E-state index < -0.39 is 0 Å². The Kier molecular flexibility index (Phi) is 5.66. The van der Waals surface area contributed by atoms with E-state index in [0.29, 0.717) is 37.1 Å². The minimum absolute atomic E-state index is 0.190. The molecule has 0 fully saturated rings. The summed E-state index contributed by atoms with van der Waals surface area (Å²) >= 11 is 0. The number of hydrogen-bond donors (Lipinski definition) is 1. The van der Waals surface area contributed by atoms with Crippen LogP contribution in [0.5, 0.6) is 0 Å². The third-order valence-electron chi connectivity index (χ3n) is 5.08. The van der Waals surface area contributed by atoms with Crippen molar-refractivity contribution in [3.63, 3.8) is 0 Å². The van der Waals surface area contributed by atoms with Crippen LogP contribution >= 0.6 is 0 Å². The van der Waals surface area contributed by atoms with Crippen LogP contribution in [0.4, 0.5) is 0 Å². The standard InChI is InChI=1S/C24H21N3O3/c28-21(12-11-17-6-5-13-25-16-17)26-14-1-2-15-27-23(29)19-9-3-7-18-8-4-10-20(22(18)19)24(27)30/h3-13,16H,1-2,14-15H2,(H,26,28)/b12-11+. The van der Waals surface area contributed by atoms with Gasteiger partial charge in [-0.3, -0.25) is 24.3 Å². The van der Waals surface area contributed by atoms with Crippen LogP contribution in [0, 0.1) is 0 Å². The van der Waals surface area contributed by atoms with Crippen molar-refractivity contribution in [3.8, 4) is 0 Å². The second kappa shape index (κ2) is 8.69. The van der Waals surface area contributed by atoms with Gasteiger partial charge in [0.05, 0.1) is 0 Å². The lowest BCUT2D eigenvalue weighted by Crippen LogP contribution is -2.41. The van der Waals surface area contributed by atoms with Crippen LogP contribution in [0.3, 0.4) is 0 Å². The molecule has 0 aliphatic carbocycles. The van der Waals surface area contributed by atoms with Gasteiger partial charge in [-0.05, 0) is 48.1 Å². The fourth-order valence-electron chi connectivity index (χ4n) is 3.60. The van der Waals surface area contributed by atoms with Gasteiger partial charge in [-0.25, -0.2) is 0 Å². The zero-order chi connectivity index (χ0) is 20.9. The molecule has 30 heavy (non-hydrogen) atoms. The average molecular weight is 399 g/mol. The predicted molar refractivity (Wildman–Crippen MR) is 115 cm³/mol. The number of pyridine rings is 1. The number of amides is 3. The summed E-state index contributed by atoms with van der Waals surface area (Å²) in [7, 11) is 0. The number of nitrogens with zero attached hydrogens (tertiary/aromatic N) is 2. The molecule has 1 aliphatic rings. The molecular formula is C24H21N3O3. The number of aromatic nitrogens is 1. The minimum Gasteiger partial charge on any atom is -0.353 e. The van der Waals surface area contributed by atoms with Crippen molar-refractivity contribution in [1.82, 2.24) is 15.2 Å². The zero-order valence-corrected chi connectivity index (χ0v) is 16.4. The monoisotopic (exact) mass is 399 g/mol. The molecule has 0 atom stereocenters. The summed E-state index contributed by atoms with van der Waals surface area (Å²) in [5, 5.41) is 4.44. The van der Waals surface area contributed by atoms with Crippen molar-refractivity contribution in [2.75, 3.05) is 13.1 Å². The molecule has 1 N–H and O–H groups in total. The molecule has 150 valence electrons. The first-order valence-corrected chi connectivity index (χ1v) is 9.89. The third kappa shape index (κ3) is 3.98. The molecule has 0 bridgehead atoms. The maximum atomic E-state index is 12.8. The fraction of sp³-hybridized carbons (Fsp3) is 0.167. The maximum Gasteiger partial charge on any atom is 0.261 e. The number of carbonyl (C=O) groups is 3. The van der Waals surface area contributed by atoms with Crippen molar-refractivity contribution in [2.45, 2.75) is 12.8 Å². The largest absolute Gasteiger partial charge is 0.353 e. The highest BCUT2D eigenvalue weighted by atomic mass is 16.2. The molecule has 4 rings (SSSR count). The van der Waals surface area contributed by atoms with E-state index in [0.717, 1.165) is 16.3 Å². The zero-order valence-electron chi connectivity index (χ0n) is 16.4. The highest BCUT2D eigenvalue weighted by molar-refractivity contribution is 6.25. The highest BCUT2D eigenvalue weighted by Gasteiger charge is 2.31. The molecule has 0 saturated carbocycles. The maximum absolute atomic E-state index is 12.8. The molecule has 0 saturated heterocycles. The summed E-state index contributed by atoms with van der Waals surface area (Å²) in [4.78, 5) is 42.8. The normalized spacial score (nSPS) is 13.3. The SMILES string of the molecule is O=C(/C=C/c1cccnc1)NCCCCN1C(=O)c2cccc3cccc(c23)C1=O. The molecule has 2 aromatic carbocycles. The van der Waals surface area contributed by atoms with E-state index in [2.05, 4.69) is 10.3 Å². The van der Waals surface area contributed by atoms with Crippen LogP contribution in [0.15, 0.2) is 67.0 Å². The van der Waals surface area contributed by atoms with Crippen molar-refractivity contribution in [1.29, 1.82) is 0 Å². The summed E-state index contributed by atoms with van der Waals surface area (Å²) < 4.78 is 0. The molecule has 0 unspecified atom stereocenters. The van der Waals surface area contributed by atoms with E-state index in [-0.39, 0.29) is 17.7 Å². The predicted octanol–water partition coefficient (Wildman–Crippen LogP) is 3.44. The molecule has 0 spiro atoms. The Morgan fingerprint density at radius 3 is 2.37 bits per heavy atom. The number of rotatable bonds is 7. The van der Waals surface area contributed by atoms with E-state index in [1.807, 2.05) is 30.3 Å². The Morgan fingerprint density at radius 2 is 1.70 bits per heavy atom. The van der Waals surface area contributed by atoms with Crippen LogP contribution in [-0.4, -0.2) is 40.7 Å². The quantitative estimate of drug-likeness (QED) is 0.375. The van der Waals surface area contributed by atoms with Gasteiger partial charge in [-0.15, -0.1) is 0 Å². The lowest BCUT2D eigenvalue weighted by atomic mass is 9.94. The first kappa shape index (κ1) is 19.5. The van der Waals surface area contributed by atoms with E-state index in [9.17, 15) is 14.4 Å². The Morgan fingerprint density at radius 1 is 0.967 bits per heavy atom. The number of hydrogen-bond acceptors (Lipinski definition) is 4. The van der Waals surface area contributed by atoms with Gasteiger partial charge < -0.3 is 5.32 Å². The van der Waals surface area contributed by atoms with Gasteiger partial charge in [0.25, 0.3) is 11.8 Å². The van der Waals surface area contributed by atoms with Crippen LogP contribution in [0.2, 0.25) is 0 Å². The highest BCUT2D eigenvalue weighted by Crippen LogP contribution is 2.29. The van der Waals surface area contributed by atoms with Crippen molar-refractivity contribution in [3.05, 3.63) is 83.7 Å². The Balaban J connectivity index is 1.30. The minimum atomic E-state index is -0.257. The molecule has 0 radical (unpaired) electrons. The topological polar surface area (TPSA) is 79.4 Å². The summed E-state index contributed by atoms with van der Waals surface area (Å²) in [6.45, 7) is 0.794. The van der Waals surface area contributed by atoms with Gasteiger partial charge in [0, 0.05) is 48.1 Å². The average Bonchev–Trinajstić information content (AvgIpc) is 2.78. The molecular weight excluding hydrogens is 378 g/mol. The van der Waals surface area contributed by atoms with E-state index in [1.165, 1.54) is 11.0 Å². The van der Waals surface area contributed by atoms with Gasteiger partial charge in [-0.2, -0.15) is 0 Å². The van der Waals surface area contributed by atoms with E-state index >= 15 is 0 Å². The molecule has 6 heteroatoms. The first-order valence-electron chi connectivity index (χ1n) is 9.89. The Bertz CT molecular complexity index is 1090. The van der Waals surface area contributed by atoms with Gasteiger partial charge >= 0.3 is 0 Å². The van der Waals surface area contributed by atoms with Gasteiger partial charge in [0.2, 0.25) is 5.91 Å². The van der Waals surface area contributed by atoms with Crippen molar-refractivity contribution < 1.29 is 14.4 Å². The van der Waals surface area contributed by atoms with Gasteiger partial charge in [-0.1, -0.05) is 30.3 Å². The molecule has 2 heterocycles. The number of unbranched alkanes of at least 4 members (excludes halogenated alkanes) is 1. The summed E-state index contributed by atoms with van der Waals surface area (Å²) in [6, 6.07) is 14.7. The first-order chi connectivity index (χ1) is 14.6. The Hall–Kier alpha value is -3.80. The second-order valence-corrected chi connectivity index (χ2v) is 7.09. The number of carbonyl (C=O) groups excluding carboxylic acids is 3. The van der Waals surface area contributed by atoms with Crippen molar-refractivity contribution >= 4 is 34.6 Å². The van der Waals surface area contributed by atoms with Crippen LogP contribution < -0.4 is 5.32 Å². The molecule has 3 aromatic rings. The van der Waals surface area contributed by atoms with E-state index in [1.54, 1.807) is 36.7 Å². The van der Waals surface area contributed by atoms with Gasteiger partial charge in [0.15, 0.2) is 0 Å². The number of benzene rings is 2. The second-order valence-electron chi connectivity index (χ2n) is 7.09. The lowest BCUT2D eigenvalue weighted by Gasteiger charge is -2.27. The fourth-order valence-corrected chi connectivity index (χ4v) is 3.60. The third-order valence-corrected chi connectivity index (χ3v) is 5.08. The van der Waals surface area contributed by atoms with Crippen LogP contribution in [-0.2, 0) is 4.79 Å². The Labute approximate surface area is 174 Å². The van der Waals surface area contributed by atoms with Crippen molar-refractivity contribution in [2.24, 2.45) is 0 Å². The molecule has 1 aliphatic heterocycles.